The highest BCUT2D eigenvalue weighted by atomic mass is 15.1. The summed E-state index contributed by atoms with van der Waals surface area (Å²) in [4.78, 5) is 2.32. The van der Waals surface area contributed by atoms with Crippen LogP contribution in [0.4, 0.5) is 0 Å². The predicted octanol–water partition coefficient (Wildman–Crippen LogP) is 1.62. The van der Waals surface area contributed by atoms with Crippen LogP contribution in [-0.2, 0) is 0 Å². The summed E-state index contributed by atoms with van der Waals surface area (Å²) in [6, 6.07) is 0. The normalized spacial score (nSPS) is 20.8. The van der Waals surface area contributed by atoms with Gasteiger partial charge in [-0.15, -0.1) is 6.58 Å². The third-order valence-electron chi connectivity index (χ3n) is 3.14. The molecule has 1 fully saturated rings. The Balaban J connectivity index is 2.42. The van der Waals surface area contributed by atoms with Gasteiger partial charge in [0.2, 0.25) is 0 Å². The standard InChI is InChI=1S/C11H22N2/c1-3-8-13(2)10-11(9-12)6-4-5-7-11/h3H,1,4-10,12H2,2H3. The van der Waals surface area contributed by atoms with Gasteiger partial charge in [0.25, 0.3) is 0 Å². The molecule has 1 aliphatic rings. The van der Waals surface area contributed by atoms with Gasteiger partial charge in [-0.3, -0.25) is 0 Å². The molecule has 2 nitrogen and oxygen atoms in total. The maximum Gasteiger partial charge on any atom is 0.0157 e. The van der Waals surface area contributed by atoms with Gasteiger partial charge in [0.15, 0.2) is 0 Å². The first kappa shape index (κ1) is 10.7. The summed E-state index contributed by atoms with van der Waals surface area (Å²) in [5, 5.41) is 0. The van der Waals surface area contributed by atoms with Crippen molar-refractivity contribution in [2.75, 3.05) is 26.7 Å². The van der Waals surface area contributed by atoms with E-state index >= 15 is 0 Å². The molecule has 0 bridgehead atoms. The number of hydrogen-bond acceptors (Lipinski definition) is 2. The largest absolute Gasteiger partial charge is 0.330 e. The Hall–Kier alpha value is -0.340. The lowest BCUT2D eigenvalue weighted by molar-refractivity contribution is 0.196. The fourth-order valence-corrected chi connectivity index (χ4v) is 2.41. The van der Waals surface area contributed by atoms with Gasteiger partial charge in [-0.25, -0.2) is 0 Å². The number of nitrogens with zero attached hydrogens (tertiary/aromatic N) is 1. The first-order valence-corrected chi connectivity index (χ1v) is 5.22. The van der Waals surface area contributed by atoms with Crippen LogP contribution in [0.25, 0.3) is 0 Å². The lowest BCUT2D eigenvalue weighted by Crippen LogP contribution is -2.39. The summed E-state index contributed by atoms with van der Waals surface area (Å²) in [5.74, 6) is 0. The molecule has 1 aliphatic carbocycles. The van der Waals surface area contributed by atoms with E-state index in [1.54, 1.807) is 0 Å². The van der Waals surface area contributed by atoms with Crippen LogP contribution in [0.5, 0.6) is 0 Å². The Labute approximate surface area is 81.8 Å². The van der Waals surface area contributed by atoms with E-state index in [0.717, 1.165) is 19.6 Å². The molecule has 13 heavy (non-hydrogen) atoms. The molecule has 0 radical (unpaired) electrons. The van der Waals surface area contributed by atoms with Crippen molar-refractivity contribution in [1.29, 1.82) is 0 Å². The minimum atomic E-state index is 0.414. The van der Waals surface area contributed by atoms with Crippen LogP contribution in [-0.4, -0.2) is 31.6 Å². The first-order valence-electron chi connectivity index (χ1n) is 5.22. The first-order chi connectivity index (χ1) is 6.22. The quantitative estimate of drug-likeness (QED) is 0.655. The van der Waals surface area contributed by atoms with E-state index in [2.05, 4.69) is 18.5 Å². The number of nitrogens with two attached hydrogens (primary N) is 1. The minimum absolute atomic E-state index is 0.414. The molecule has 2 heteroatoms. The molecular weight excluding hydrogens is 160 g/mol. The smallest absolute Gasteiger partial charge is 0.0157 e. The maximum absolute atomic E-state index is 5.86. The van der Waals surface area contributed by atoms with Gasteiger partial charge >= 0.3 is 0 Å². The molecule has 0 heterocycles. The highest BCUT2D eigenvalue weighted by Gasteiger charge is 2.32. The maximum atomic E-state index is 5.86. The second-order valence-electron chi connectivity index (χ2n) is 4.40. The monoisotopic (exact) mass is 182 g/mol. The Morgan fingerprint density at radius 2 is 2.08 bits per heavy atom. The van der Waals surface area contributed by atoms with Gasteiger partial charge in [-0.05, 0) is 31.8 Å². The van der Waals surface area contributed by atoms with E-state index < -0.39 is 0 Å². The van der Waals surface area contributed by atoms with Crippen molar-refractivity contribution in [2.24, 2.45) is 11.1 Å². The Kier molecular flexibility index (Phi) is 3.94. The molecular formula is C11H22N2. The molecule has 0 aromatic rings. The van der Waals surface area contributed by atoms with E-state index in [1.165, 1.54) is 25.7 Å². The summed E-state index contributed by atoms with van der Waals surface area (Å²) >= 11 is 0. The predicted molar refractivity (Wildman–Crippen MR) is 57.6 cm³/mol. The third kappa shape index (κ3) is 2.82. The van der Waals surface area contributed by atoms with Gasteiger partial charge < -0.3 is 10.6 Å². The van der Waals surface area contributed by atoms with Crippen molar-refractivity contribution in [2.45, 2.75) is 25.7 Å². The van der Waals surface area contributed by atoms with Crippen LogP contribution in [0.1, 0.15) is 25.7 Å². The number of likely N-dealkylation sites (N-methyl/N-ethyl adjacent to an activating group) is 1. The Morgan fingerprint density at radius 3 is 2.54 bits per heavy atom. The molecule has 0 spiro atoms. The second kappa shape index (κ2) is 4.77. The average Bonchev–Trinajstić information content (AvgIpc) is 2.54. The number of hydrogen-bond donors (Lipinski definition) is 1. The lowest BCUT2D eigenvalue weighted by Gasteiger charge is -2.31. The number of rotatable bonds is 5. The van der Waals surface area contributed by atoms with Crippen molar-refractivity contribution < 1.29 is 0 Å². The van der Waals surface area contributed by atoms with E-state index in [-0.39, 0.29) is 0 Å². The molecule has 76 valence electrons. The fourth-order valence-electron chi connectivity index (χ4n) is 2.41. The van der Waals surface area contributed by atoms with Crippen LogP contribution in [0.2, 0.25) is 0 Å². The van der Waals surface area contributed by atoms with Gasteiger partial charge in [0.1, 0.15) is 0 Å². The highest BCUT2D eigenvalue weighted by Crippen LogP contribution is 2.37. The van der Waals surface area contributed by atoms with Gasteiger partial charge in [-0.1, -0.05) is 18.9 Å². The zero-order valence-electron chi connectivity index (χ0n) is 8.76. The molecule has 0 amide bonds. The molecule has 1 saturated carbocycles. The highest BCUT2D eigenvalue weighted by molar-refractivity contribution is 4.88. The van der Waals surface area contributed by atoms with Crippen molar-refractivity contribution in [3.05, 3.63) is 12.7 Å². The van der Waals surface area contributed by atoms with Gasteiger partial charge in [0, 0.05) is 13.1 Å². The molecule has 0 aromatic heterocycles. The van der Waals surface area contributed by atoms with Gasteiger partial charge in [-0.2, -0.15) is 0 Å². The molecule has 1 rings (SSSR count). The summed E-state index contributed by atoms with van der Waals surface area (Å²) in [7, 11) is 2.15. The summed E-state index contributed by atoms with van der Waals surface area (Å²) in [6.45, 7) is 6.70. The van der Waals surface area contributed by atoms with Crippen molar-refractivity contribution in [3.8, 4) is 0 Å². The second-order valence-corrected chi connectivity index (χ2v) is 4.40. The van der Waals surface area contributed by atoms with Gasteiger partial charge in [0.05, 0.1) is 0 Å². The SMILES string of the molecule is C=CCN(C)CC1(CN)CCCC1. The van der Waals surface area contributed by atoms with Crippen LogP contribution in [0, 0.1) is 5.41 Å². The van der Waals surface area contributed by atoms with E-state index in [1.807, 2.05) is 6.08 Å². The van der Waals surface area contributed by atoms with Crippen LogP contribution in [0.15, 0.2) is 12.7 Å². The van der Waals surface area contributed by atoms with Crippen molar-refractivity contribution in [3.63, 3.8) is 0 Å². The molecule has 0 unspecified atom stereocenters. The summed E-state index contributed by atoms with van der Waals surface area (Å²) in [6.07, 6.45) is 7.30. The Bertz CT molecular complexity index is 159. The summed E-state index contributed by atoms with van der Waals surface area (Å²) < 4.78 is 0. The zero-order valence-corrected chi connectivity index (χ0v) is 8.76. The van der Waals surface area contributed by atoms with E-state index in [4.69, 9.17) is 5.73 Å². The topological polar surface area (TPSA) is 29.3 Å². The van der Waals surface area contributed by atoms with E-state index in [0.29, 0.717) is 5.41 Å². The molecule has 2 N–H and O–H groups in total. The van der Waals surface area contributed by atoms with Crippen molar-refractivity contribution in [1.82, 2.24) is 4.90 Å². The Morgan fingerprint density at radius 1 is 1.46 bits per heavy atom. The fraction of sp³-hybridized carbons (Fsp3) is 0.818. The average molecular weight is 182 g/mol. The molecule has 0 atom stereocenters. The molecule has 0 aliphatic heterocycles. The minimum Gasteiger partial charge on any atom is -0.330 e. The zero-order chi connectivity index (χ0) is 9.73. The van der Waals surface area contributed by atoms with Crippen molar-refractivity contribution >= 4 is 0 Å². The van der Waals surface area contributed by atoms with E-state index in [9.17, 15) is 0 Å². The lowest BCUT2D eigenvalue weighted by atomic mass is 9.86. The third-order valence-corrected chi connectivity index (χ3v) is 3.14. The molecule has 0 saturated heterocycles. The molecule has 0 aromatic carbocycles. The summed E-state index contributed by atoms with van der Waals surface area (Å²) in [5.41, 5.74) is 6.28. The van der Waals surface area contributed by atoms with Crippen LogP contribution in [0.3, 0.4) is 0 Å². The van der Waals surface area contributed by atoms with Crippen LogP contribution < -0.4 is 5.73 Å². The van der Waals surface area contributed by atoms with Crippen LogP contribution >= 0.6 is 0 Å².